The largest absolute Gasteiger partial charge is 0.490 e. The second kappa shape index (κ2) is 12.3. The highest BCUT2D eigenvalue weighted by Gasteiger charge is 2.35. The maximum atomic E-state index is 14.5. The summed E-state index contributed by atoms with van der Waals surface area (Å²) in [7, 11) is 0. The number of para-hydroxylation sites is 1. The number of anilines is 1. The van der Waals surface area contributed by atoms with Crippen LogP contribution >= 0.6 is 34.8 Å². The summed E-state index contributed by atoms with van der Waals surface area (Å²) in [5, 5.41) is 2.29. The lowest BCUT2D eigenvalue weighted by molar-refractivity contribution is -0.122. The van der Waals surface area contributed by atoms with E-state index >= 15 is 0 Å². The molecule has 0 atom stereocenters. The third-order valence-electron chi connectivity index (χ3n) is 5.62. The van der Waals surface area contributed by atoms with E-state index in [1.54, 1.807) is 24.3 Å². The molecule has 6 nitrogen and oxygen atoms in total. The normalized spacial score (nSPS) is 14.4. The van der Waals surface area contributed by atoms with E-state index in [4.69, 9.17) is 21.7 Å². The molecule has 38 heavy (non-hydrogen) atoms. The SMILES string of the molecule is C=CCc1cc(/C=C2\C(=O)NC(=S)N(c3ccccc3F)C2=O)cc(OCC)c1OCc1ccc(I)cc1. The Morgan fingerprint density at radius 1 is 1.11 bits per heavy atom. The number of hydrogen-bond donors (Lipinski definition) is 1. The molecule has 1 heterocycles. The van der Waals surface area contributed by atoms with Crippen LogP contribution in [0.5, 0.6) is 11.5 Å². The third-order valence-corrected chi connectivity index (χ3v) is 6.62. The molecule has 0 unspecified atom stereocenters. The van der Waals surface area contributed by atoms with Crippen molar-refractivity contribution in [1.29, 1.82) is 0 Å². The second-order valence-electron chi connectivity index (χ2n) is 8.26. The summed E-state index contributed by atoms with van der Waals surface area (Å²) in [6, 6.07) is 17.2. The van der Waals surface area contributed by atoms with Gasteiger partial charge in [0.15, 0.2) is 16.6 Å². The lowest BCUT2D eigenvalue weighted by Crippen LogP contribution is -2.54. The van der Waals surface area contributed by atoms with Gasteiger partial charge in [-0.15, -0.1) is 6.58 Å². The van der Waals surface area contributed by atoms with Crippen molar-refractivity contribution in [3.05, 3.63) is 105 Å². The van der Waals surface area contributed by atoms with Gasteiger partial charge in [0.1, 0.15) is 18.0 Å². The first-order valence-corrected chi connectivity index (χ1v) is 13.2. The van der Waals surface area contributed by atoms with Crippen LogP contribution in [0.3, 0.4) is 0 Å². The van der Waals surface area contributed by atoms with Crippen LogP contribution in [0.25, 0.3) is 6.08 Å². The summed E-state index contributed by atoms with van der Waals surface area (Å²) in [4.78, 5) is 27.1. The highest BCUT2D eigenvalue weighted by Crippen LogP contribution is 2.36. The number of allylic oxidation sites excluding steroid dienone is 1. The van der Waals surface area contributed by atoms with Gasteiger partial charge in [-0.25, -0.2) is 9.29 Å². The summed E-state index contributed by atoms with van der Waals surface area (Å²) in [6.45, 7) is 6.40. The molecule has 0 spiro atoms. The number of benzene rings is 3. The maximum absolute atomic E-state index is 14.5. The zero-order chi connectivity index (χ0) is 27.2. The molecule has 1 saturated heterocycles. The minimum Gasteiger partial charge on any atom is -0.490 e. The average molecular weight is 642 g/mol. The smallest absolute Gasteiger partial charge is 0.270 e. The molecule has 0 aromatic heterocycles. The van der Waals surface area contributed by atoms with Gasteiger partial charge in [-0.2, -0.15) is 0 Å². The number of carbonyl (C=O) groups excluding carboxylic acids is 2. The van der Waals surface area contributed by atoms with Gasteiger partial charge < -0.3 is 9.47 Å². The van der Waals surface area contributed by atoms with Crippen LogP contribution in [0, 0.1) is 9.39 Å². The number of rotatable bonds is 9. The lowest BCUT2D eigenvalue weighted by atomic mass is 10.0. The van der Waals surface area contributed by atoms with Gasteiger partial charge in [0.25, 0.3) is 11.8 Å². The van der Waals surface area contributed by atoms with Gasteiger partial charge >= 0.3 is 0 Å². The summed E-state index contributed by atoms with van der Waals surface area (Å²) >= 11 is 7.42. The summed E-state index contributed by atoms with van der Waals surface area (Å²) in [6.07, 6.45) is 3.63. The average Bonchev–Trinajstić information content (AvgIpc) is 2.88. The fourth-order valence-corrected chi connectivity index (χ4v) is 4.55. The summed E-state index contributed by atoms with van der Waals surface area (Å²) in [5.41, 5.74) is 2.06. The van der Waals surface area contributed by atoms with Crippen LogP contribution in [0.4, 0.5) is 10.1 Å². The highest BCUT2D eigenvalue weighted by molar-refractivity contribution is 14.1. The molecule has 1 N–H and O–H groups in total. The van der Waals surface area contributed by atoms with Crippen molar-refractivity contribution in [1.82, 2.24) is 5.32 Å². The number of hydrogen-bond acceptors (Lipinski definition) is 5. The Morgan fingerprint density at radius 3 is 2.53 bits per heavy atom. The summed E-state index contributed by atoms with van der Waals surface area (Å²) in [5.74, 6) is -1.02. The number of nitrogens with one attached hydrogen (secondary N) is 1. The first kappa shape index (κ1) is 27.5. The second-order valence-corrected chi connectivity index (χ2v) is 9.89. The minimum atomic E-state index is -0.730. The minimum absolute atomic E-state index is 0.0462. The molecule has 2 amide bonds. The Bertz CT molecular complexity index is 1440. The van der Waals surface area contributed by atoms with Crippen LogP contribution in [0.15, 0.2) is 78.9 Å². The standard InChI is InChI=1S/C29H24FIN2O4S/c1-3-7-20-14-19(16-25(36-4-2)26(20)37-17-18-10-12-21(31)13-11-18)15-22-27(34)32-29(38)33(28(22)35)24-9-6-5-8-23(24)30/h3,5-6,8-16H,1,4,7,17H2,2H3,(H,32,34,38)/b22-15+. The van der Waals surface area contributed by atoms with Crippen molar-refractivity contribution in [2.24, 2.45) is 0 Å². The van der Waals surface area contributed by atoms with Crippen molar-refractivity contribution in [3.8, 4) is 11.5 Å². The number of nitrogens with zero attached hydrogens (tertiary/aromatic N) is 1. The van der Waals surface area contributed by atoms with E-state index in [-0.39, 0.29) is 16.4 Å². The van der Waals surface area contributed by atoms with Crippen LogP contribution in [-0.2, 0) is 22.6 Å². The molecular formula is C29H24FIN2O4S. The van der Waals surface area contributed by atoms with Crippen LogP contribution in [0.2, 0.25) is 0 Å². The Kier molecular flexibility index (Phi) is 8.90. The topological polar surface area (TPSA) is 67.9 Å². The van der Waals surface area contributed by atoms with E-state index in [0.29, 0.717) is 36.7 Å². The van der Waals surface area contributed by atoms with E-state index in [2.05, 4.69) is 34.5 Å². The predicted molar refractivity (Wildman–Crippen MR) is 158 cm³/mol. The van der Waals surface area contributed by atoms with E-state index in [1.807, 2.05) is 31.2 Å². The third kappa shape index (κ3) is 6.11. The fourth-order valence-electron chi connectivity index (χ4n) is 3.91. The zero-order valence-electron chi connectivity index (χ0n) is 20.5. The highest BCUT2D eigenvalue weighted by atomic mass is 127. The Balaban J connectivity index is 1.72. The molecule has 1 fully saturated rings. The molecule has 0 aliphatic carbocycles. The van der Waals surface area contributed by atoms with Gasteiger partial charge in [-0.3, -0.25) is 14.9 Å². The number of amides is 2. The van der Waals surface area contributed by atoms with Crippen molar-refractivity contribution in [3.63, 3.8) is 0 Å². The van der Waals surface area contributed by atoms with E-state index < -0.39 is 17.6 Å². The van der Waals surface area contributed by atoms with Crippen molar-refractivity contribution in [2.75, 3.05) is 11.5 Å². The predicted octanol–water partition coefficient (Wildman–Crippen LogP) is 5.97. The molecule has 0 saturated carbocycles. The zero-order valence-corrected chi connectivity index (χ0v) is 23.5. The molecule has 0 bridgehead atoms. The molecule has 3 aromatic rings. The van der Waals surface area contributed by atoms with Gasteiger partial charge in [0.2, 0.25) is 0 Å². The summed E-state index contributed by atoms with van der Waals surface area (Å²) < 4.78 is 27.7. The first-order chi connectivity index (χ1) is 18.3. The quantitative estimate of drug-likeness (QED) is 0.103. The van der Waals surface area contributed by atoms with Crippen LogP contribution in [0.1, 0.15) is 23.6 Å². The lowest BCUT2D eigenvalue weighted by Gasteiger charge is -2.29. The molecular weight excluding hydrogens is 618 g/mol. The Labute approximate surface area is 239 Å². The molecule has 3 aromatic carbocycles. The van der Waals surface area contributed by atoms with Gasteiger partial charge in [-0.05, 0) is 102 Å². The van der Waals surface area contributed by atoms with Crippen molar-refractivity contribution in [2.45, 2.75) is 20.0 Å². The van der Waals surface area contributed by atoms with Crippen molar-refractivity contribution < 1.29 is 23.5 Å². The molecule has 4 rings (SSSR count). The number of carbonyl (C=O) groups is 2. The van der Waals surface area contributed by atoms with Gasteiger partial charge in [0, 0.05) is 9.13 Å². The molecule has 194 valence electrons. The number of ether oxygens (including phenoxy) is 2. The van der Waals surface area contributed by atoms with Crippen LogP contribution in [-0.4, -0.2) is 23.5 Å². The Morgan fingerprint density at radius 2 is 1.84 bits per heavy atom. The monoisotopic (exact) mass is 642 g/mol. The Hall–Kier alpha value is -3.57. The fraction of sp³-hybridized carbons (Fsp3) is 0.138. The molecule has 0 radical (unpaired) electrons. The van der Waals surface area contributed by atoms with E-state index in [1.165, 1.54) is 24.3 Å². The molecule has 1 aliphatic heterocycles. The van der Waals surface area contributed by atoms with Crippen molar-refractivity contribution >= 4 is 63.5 Å². The number of halogens is 2. The number of thiocarbonyl (C=S) groups is 1. The van der Waals surface area contributed by atoms with Gasteiger partial charge in [0.05, 0.1) is 12.3 Å². The molecule has 9 heteroatoms. The van der Waals surface area contributed by atoms with Gasteiger partial charge in [-0.1, -0.05) is 30.3 Å². The molecule has 1 aliphatic rings. The first-order valence-electron chi connectivity index (χ1n) is 11.8. The van der Waals surface area contributed by atoms with E-state index in [9.17, 15) is 14.0 Å². The van der Waals surface area contributed by atoms with E-state index in [0.717, 1.165) is 19.6 Å². The maximum Gasteiger partial charge on any atom is 0.270 e. The van der Waals surface area contributed by atoms with Crippen LogP contribution < -0.4 is 19.7 Å².